The van der Waals surface area contributed by atoms with Crippen molar-refractivity contribution in [1.29, 1.82) is 0 Å². The number of aryl methyl sites for hydroxylation is 1. The first kappa shape index (κ1) is 20.1. The van der Waals surface area contributed by atoms with Crippen molar-refractivity contribution in [3.8, 4) is 0 Å². The van der Waals surface area contributed by atoms with Crippen molar-refractivity contribution in [1.82, 2.24) is 19.6 Å². The number of carbonyl (C=O) groups is 2. The third-order valence-corrected chi connectivity index (χ3v) is 6.19. The SMILES string of the molecule is Cc1ccoc1C(=O)NC1CCN(C(=O)c2nc(S(C)(=O)=O)n3ccccc23)CC1. The summed E-state index contributed by atoms with van der Waals surface area (Å²) in [5, 5.41) is 2.79. The number of pyridine rings is 1. The number of hydrogen-bond donors (Lipinski definition) is 1. The number of sulfone groups is 1. The molecule has 1 N–H and O–H groups in total. The minimum Gasteiger partial charge on any atom is -0.459 e. The average molecular weight is 430 g/mol. The molecule has 0 atom stereocenters. The molecule has 158 valence electrons. The Labute approximate surface area is 173 Å². The monoisotopic (exact) mass is 430 g/mol. The molecular weight excluding hydrogens is 408 g/mol. The molecule has 0 aromatic carbocycles. The predicted octanol–water partition coefficient (Wildman–Crippen LogP) is 1.67. The van der Waals surface area contributed by atoms with E-state index in [0.717, 1.165) is 11.8 Å². The summed E-state index contributed by atoms with van der Waals surface area (Å²) in [6, 6.07) is 6.76. The molecule has 4 rings (SSSR count). The molecule has 1 aliphatic rings. The number of furan rings is 1. The molecule has 9 nitrogen and oxygen atoms in total. The molecule has 0 unspecified atom stereocenters. The van der Waals surface area contributed by atoms with Gasteiger partial charge in [0.15, 0.2) is 11.5 Å². The Morgan fingerprint density at radius 1 is 1.20 bits per heavy atom. The minimum atomic E-state index is -3.60. The van der Waals surface area contributed by atoms with E-state index in [1.54, 1.807) is 42.3 Å². The highest BCUT2D eigenvalue weighted by atomic mass is 32.2. The van der Waals surface area contributed by atoms with Gasteiger partial charge in [-0.1, -0.05) is 6.07 Å². The largest absolute Gasteiger partial charge is 0.459 e. The Morgan fingerprint density at radius 2 is 1.93 bits per heavy atom. The molecule has 1 aliphatic heterocycles. The lowest BCUT2D eigenvalue weighted by Crippen LogP contribution is -2.46. The van der Waals surface area contributed by atoms with Crippen molar-refractivity contribution in [2.45, 2.75) is 31.0 Å². The molecule has 30 heavy (non-hydrogen) atoms. The number of piperidine rings is 1. The van der Waals surface area contributed by atoms with Crippen molar-refractivity contribution in [3.63, 3.8) is 0 Å². The van der Waals surface area contributed by atoms with Gasteiger partial charge in [-0.25, -0.2) is 13.4 Å². The van der Waals surface area contributed by atoms with E-state index in [4.69, 9.17) is 4.42 Å². The van der Waals surface area contributed by atoms with E-state index in [1.807, 2.05) is 0 Å². The first-order valence-corrected chi connectivity index (χ1v) is 11.5. The Bertz CT molecular complexity index is 1220. The lowest BCUT2D eigenvalue weighted by atomic mass is 10.0. The number of aromatic nitrogens is 2. The van der Waals surface area contributed by atoms with Crippen molar-refractivity contribution < 1.29 is 22.4 Å². The number of carbonyl (C=O) groups excluding carboxylic acids is 2. The zero-order valence-corrected chi connectivity index (χ0v) is 17.5. The van der Waals surface area contributed by atoms with Crippen LogP contribution in [0, 0.1) is 6.92 Å². The van der Waals surface area contributed by atoms with Gasteiger partial charge < -0.3 is 14.6 Å². The first-order valence-electron chi connectivity index (χ1n) is 9.57. The van der Waals surface area contributed by atoms with Crippen molar-refractivity contribution in [3.05, 3.63) is 53.7 Å². The van der Waals surface area contributed by atoms with Gasteiger partial charge in [-0.2, -0.15) is 0 Å². The van der Waals surface area contributed by atoms with E-state index in [9.17, 15) is 18.0 Å². The maximum absolute atomic E-state index is 13.1. The van der Waals surface area contributed by atoms with Crippen molar-refractivity contribution in [2.75, 3.05) is 19.3 Å². The van der Waals surface area contributed by atoms with E-state index in [-0.39, 0.29) is 28.7 Å². The van der Waals surface area contributed by atoms with Gasteiger partial charge in [0.1, 0.15) is 0 Å². The van der Waals surface area contributed by atoms with Crippen LogP contribution in [-0.2, 0) is 9.84 Å². The number of rotatable bonds is 4. The first-order chi connectivity index (χ1) is 14.3. The highest BCUT2D eigenvalue weighted by molar-refractivity contribution is 7.90. The number of nitrogens with zero attached hydrogens (tertiary/aromatic N) is 3. The van der Waals surface area contributed by atoms with Crippen LogP contribution in [0.3, 0.4) is 0 Å². The predicted molar refractivity (Wildman–Crippen MR) is 108 cm³/mol. The highest BCUT2D eigenvalue weighted by Crippen LogP contribution is 2.21. The van der Waals surface area contributed by atoms with Crippen LogP contribution in [-0.4, -0.2) is 59.9 Å². The zero-order valence-electron chi connectivity index (χ0n) is 16.7. The van der Waals surface area contributed by atoms with E-state index in [0.29, 0.717) is 37.2 Å². The second-order valence-corrected chi connectivity index (χ2v) is 9.35. The smallest absolute Gasteiger partial charge is 0.287 e. The number of nitrogens with one attached hydrogen (secondary N) is 1. The molecule has 2 amide bonds. The summed E-state index contributed by atoms with van der Waals surface area (Å²) in [5.74, 6) is -0.285. The van der Waals surface area contributed by atoms with Gasteiger partial charge in [0, 0.05) is 37.1 Å². The normalized spacial score (nSPS) is 15.5. The van der Waals surface area contributed by atoms with Crippen LogP contribution in [0.4, 0.5) is 0 Å². The molecule has 0 saturated carbocycles. The molecule has 4 heterocycles. The van der Waals surface area contributed by atoms with Gasteiger partial charge in [0.2, 0.25) is 15.0 Å². The maximum Gasteiger partial charge on any atom is 0.287 e. The summed E-state index contributed by atoms with van der Waals surface area (Å²) in [7, 11) is -3.60. The standard InChI is InChI=1S/C20H22N4O5S/c1-13-8-12-29-17(13)18(25)21-14-6-10-23(11-7-14)19(26)16-15-5-3-4-9-24(15)20(22-16)30(2,27)28/h3-5,8-9,12,14H,6-7,10-11H2,1-2H3,(H,21,25). The third-order valence-electron chi connectivity index (χ3n) is 5.24. The Kier molecular flexibility index (Phi) is 5.10. The fourth-order valence-electron chi connectivity index (χ4n) is 3.66. The summed E-state index contributed by atoms with van der Waals surface area (Å²) >= 11 is 0. The molecule has 10 heteroatoms. The highest BCUT2D eigenvalue weighted by Gasteiger charge is 2.30. The number of likely N-dealkylation sites (tertiary alicyclic amines) is 1. The molecule has 0 aliphatic carbocycles. The second-order valence-electron chi connectivity index (χ2n) is 7.44. The van der Waals surface area contributed by atoms with Crippen LogP contribution >= 0.6 is 0 Å². The minimum absolute atomic E-state index is 0.0728. The van der Waals surface area contributed by atoms with Gasteiger partial charge in [-0.15, -0.1) is 0 Å². The van der Waals surface area contributed by atoms with Crippen LogP contribution in [0.5, 0.6) is 0 Å². The van der Waals surface area contributed by atoms with Crippen LogP contribution in [0.1, 0.15) is 39.4 Å². The van der Waals surface area contributed by atoms with Gasteiger partial charge in [-0.05, 0) is 38.0 Å². The topological polar surface area (TPSA) is 114 Å². The number of imidazole rings is 1. The summed E-state index contributed by atoms with van der Waals surface area (Å²) in [5.41, 5.74) is 1.34. The maximum atomic E-state index is 13.1. The van der Waals surface area contributed by atoms with Crippen LogP contribution < -0.4 is 5.32 Å². The summed E-state index contributed by atoms with van der Waals surface area (Å²) < 4.78 is 30.8. The summed E-state index contributed by atoms with van der Waals surface area (Å²) in [6.45, 7) is 2.67. The quantitative estimate of drug-likeness (QED) is 0.674. The molecule has 3 aromatic rings. The van der Waals surface area contributed by atoms with Crippen molar-refractivity contribution >= 4 is 27.2 Å². The lowest BCUT2D eigenvalue weighted by molar-refractivity contribution is 0.0692. The Balaban J connectivity index is 1.48. The van der Waals surface area contributed by atoms with Crippen LogP contribution in [0.2, 0.25) is 0 Å². The molecule has 0 radical (unpaired) electrons. The van der Waals surface area contributed by atoms with Gasteiger partial charge in [0.05, 0.1) is 11.8 Å². The summed E-state index contributed by atoms with van der Waals surface area (Å²) in [4.78, 5) is 31.2. The fraction of sp³-hybridized carbons (Fsp3) is 0.350. The number of amides is 2. The van der Waals surface area contributed by atoms with Gasteiger partial charge in [-0.3, -0.25) is 14.0 Å². The van der Waals surface area contributed by atoms with Crippen LogP contribution in [0.25, 0.3) is 5.52 Å². The second kappa shape index (κ2) is 7.60. The fourth-order valence-corrected chi connectivity index (χ4v) is 4.44. The molecule has 1 fully saturated rings. The van der Waals surface area contributed by atoms with E-state index < -0.39 is 9.84 Å². The molecule has 0 bridgehead atoms. The molecule has 1 saturated heterocycles. The Morgan fingerprint density at radius 3 is 2.57 bits per heavy atom. The summed E-state index contributed by atoms with van der Waals surface area (Å²) in [6.07, 6.45) is 5.29. The molecular formula is C20H22N4O5S. The lowest BCUT2D eigenvalue weighted by Gasteiger charge is -2.32. The number of fused-ring (bicyclic) bond motifs is 1. The molecule has 0 spiro atoms. The van der Waals surface area contributed by atoms with Crippen molar-refractivity contribution in [2.24, 2.45) is 0 Å². The van der Waals surface area contributed by atoms with Gasteiger partial charge >= 0.3 is 0 Å². The average Bonchev–Trinajstić information content (AvgIpc) is 3.31. The van der Waals surface area contributed by atoms with Gasteiger partial charge in [0.25, 0.3) is 11.8 Å². The Hall–Kier alpha value is -3.14. The van der Waals surface area contributed by atoms with E-state index >= 15 is 0 Å². The molecule has 3 aromatic heterocycles. The van der Waals surface area contributed by atoms with Crippen LogP contribution in [0.15, 0.2) is 46.3 Å². The van der Waals surface area contributed by atoms with E-state index in [1.165, 1.54) is 10.7 Å². The van der Waals surface area contributed by atoms with E-state index in [2.05, 4.69) is 10.3 Å². The third kappa shape index (κ3) is 3.70. The zero-order chi connectivity index (χ0) is 21.5. The number of hydrogen-bond acceptors (Lipinski definition) is 6.